The summed E-state index contributed by atoms with van der Waals surface area (Å²) in [7, 11) is 0. The minimum absolute atomic E-state index is 0.0428. The van der Waals surface area contributed by atoms with E-state index in [0.717, 1.165) is 6.42 Å². The number of aromatic nitrogens is 3. The van der Waals surface area contributed by atoms with Gasteiger partial charge in [-0.25, -0.2) is 0 Å². The third-order valence-electron chi connectivity index (χ3n) is 2.12. The molecule has 1 rings (SSSR count). The number of nitrogens with zero attached hydrogens (tertiary/aromatic N) is 3. The summed E-state index contributed by atoms with van der Waals surface area (Å²) in [5, 5.41) is 8.05. The summed E-state index contributed by atoms with van der Waals surface area (Å²) in [5.74, 6) is 0. The largest absolute Gasteiger partial charge is 0.299 e. The zero-order valence-electron chi connectivity index (χ0n) is 9.50. The van der Waals surface area contributed by atoms with Crippen molar-refractivity contribution in [2.45, 2.75) is 46.6 Å². The van der Waals surface area contributed by atoms with E-state index >= 15 is 0 Å². The highest BCUT2D eigenvalue weighted by Crippen LogP contribution is 2.33. The van der Waals surface area contributed by atoms with E-state index in [1.54, 1.807) is 6.33 Å². The maximum absolute atomic E-state index is 5.94. The van der Waals surface area contributed by atoms with Crippen LogP contribution in [-0.4, -0.2) is 14.8 Å². The van der Waals surface area contributed by atoms with Gasteiger partial charge in [-0.2, -0.15) is 0 Å². The number of rotatable bonds is 2. The molecule has 4 heteroatoms. The summed E-state index contributed by atoms with van der Waals surface area (Å²) in [4.78, 5) is 0. The number of hydrogen-bond acceptors (Lipinski definition) is 2. The minimum Gasteiger partial charge on any atom is -0.299 e. The van der Waals surface area contributed by atoms with Gasteiger partial charge in [-0.15, -0.1) is 10.2 Å². The molecule has 0 aliphatic carbocycles. The van der Waals surface area contributed by atoms with Crippen molar-refractivity contribution in [1.29, 1.82) is 0 Å². The molecule has 1 heterocycles. The summed E-state index contributed by atoms with van der Waals surface area (Å²) in [6.07, 6.45) is 2.71. The molecule has 1 aromatic rings. The first-order valence-corrected chi connectivity index (χ1v) is 5.16. The zero-order chi connectivity index (χ0) is 11.0. The first-order valence-electron chi connectivity index (χ1n) is 4.78. The molecule has 0 atom stereocenters. The van der Waals surface area contributed by atoms with Gasteiger partial charge in [-0.05, 0) is 37.3 Å². The fraction of sp³-hybridized carbons (Fsp3) is 0.800. The van der Waals surface area contributed by atoms with E-state index in [1.807, 2.05) is 4.57 Å². The predicted octanol–water partition coefficient (Wildman–Crippen LogP) is 3.10. The van der Waals surface area contributed by atoms with E-state index in [4.69, 9.17) is 11.6 Å². The fourth-order valence-corrected chi connectivity index (χ4v) is 2.33. The van der Waals surface area contributed by atoms with Crippen molar-refractivity contribution in [2.75, 3.05) is 0 Å². The van der Waals surface area contributed by atoms with E-state index in [0.29, 0.717) is 5.28 Å². The molecule has 0 fully saturated rings. The van der Waals surface area contributed by atoms with Crippen LogP contribution in [0.15, 0.2) is 6.33 Å². The monoisotopic (exact) mass is 215 g/mol. The van der Waals surface area contributed by atoms with Crippen LogP contribution in [0.3, 0.4) is 0 Å². The van der Waals surface area contributed by atoms with Crippen LogP contribution in [0.1, 0.15) is 41.0 Å². The molecule has 0 aliphatic heterocycles. The number of halogens is 1. The van der Waals surface area contributed by atoms with Crippen molar-refractivity contribution < 1.29 is 0 Å². The van der Waals surface area contributed by atoms with Crippen LogP contribution in [0.4, 0.5) is 0 Å². The van der Waals surface area contributed by atoms with E-state index in [1.165, 1.54) is 0 Å². The zero-order valence-corrected chi connectivity index (χ0v) is 10.3. The van der Waals surface area contributed by atoms with E-state index < -0.39 is 0 Å². The van der Waals surface area contributed by atoms with Crippen molar-refractivity contribution in [3.8, 4) is 0 Å². The Hall–Kier alpha value is -0.570. The topological polar surface area (TPSA) is 30.7 Å². The van der Waals surface area contributed by atoms with Crippen molar-refractivity contribution in [3.05, 3.63) is 11.6 Å². The van der Waals surface area contributed by atoms with Gasteiger partial charge in [-0.3, -0.25) is 4.57 Å². The Morgan fingerprint density at radius 1 is 1.29 bits per heavy atom. The van der Waals surface area contributed by atoms with Crippen molar-refractivity contribution in [3.63, 3.8) is 0 Å². The summed E-state index contributed by atoms with van der Waals surface area (Å²) < 4.78 is 1.92. The van der Waals surface area contributed by atoms with E-state index in [2.05, 4.69) is 44.8 Å². The molecule has 0 aliphatic rings. The van der Waals surface area contributed by atoms with Crippen LogP contribution in [0.25, 0.3) is 0 Å². The molecule has 0 spiro atoms. The van der Waals surface area contributed by atoms with Crippen molar-refractivity contribution in [2.24, 2.45) is 5.41 Å². The van der Waals surface area contributed by atoms with Crippen LogP contribution in [0.5, 0.6) is 0 Å². The Morgan fingerprint density at radius 3 is 2.21 bits per heavy atom. The molecule has 0 amide bonds. The molecule has 0 N–H and O–H groups in total. The van der Waals surface area contributed by atoms with Crippen LogP contribution in [-0.2, 0) is 5.54 Å². The summed E-state index contributed by atoms with van der Waals surface area (Å²) >= 11 is 5.94. The summed E-state index contributed by atoms with van der Waals surface area (Å²) in [5.41, 5.74) is 0.218. The maximum Gasteiger partial charge on any atom is 0.225 e. The molecule has 0 saturated carbocycles. The molecule has 0 radical (unpaired) electrons. The third-order valence-corrected chi connectivity index (χ3v) is 2.38. The lowest BCUT2D eigenvalue weighted by Gasteiger charge is -2.33. The Bertz CT molecular complexity index is 309. The van der Waals surface area contributed by atoms with E-state index in [-0.39, 0.29) is 11.0 Å². The maximum atomic E-state index is 5.94. The number of hydrogen-bond donors (Lipinski definition) is 0. The van der Waals surface area contributed by atoms with Gasteiger partial charge in [0.2, 0.25) is 5.28 Å². The minimum atomic E-state index is -0.0428. The third kappa shape index (κ3) is 2.71. The van der Waals surface area contributed by atoms with Gasteiger partial charge in [0, 0.05) is 5.54 Å². The lowest BCUT2D eigenvalue weighted by Crippen LogP contribution is -2.31. The summed E-state index contributed by atoms with van der Waals surface area (Å²) in [6.45, 7) is 10.9. The average molecular weight is 216 g/mol. The highest BCUT2D eigenvalue weighted by atomic mass is 35.5. The molecular formula is C10H18ClN3. The Morgan fingerprint density at radius 2 is 1.86 bits per heavy atom. The molecule has 80 valence electrons. The second-order valence-corrected chi connectivity index (χ2v) is 5.86. The molecule has 1 aromatic heterocycles. The smallest absolute Gasteiger partial charge is 0.225 e. The Labute approximate surface area is 90.5 Å². The highest BCUT2D eigenvalue weighted by Gasteiger charge is 2.28. The van der Waals surface area contributed by atoms with Gasteiger partial charge < -0.3 is 0 Å². The second kappa shape index (κ2) is 3.54. The lowest BCUT2D eigenvalue weighted by molar-refractivity contribution is 0.214. The average Bonchev–Trinajstić information content (AvgIpc) is 2.29. The summed E-state index contributed by atoms with van der Waals surface area (Å²) in [6, 6.07) is 0. The standard InChI is InChI=1S/C10H18ClN3/c1-9(2,3)6-10(4,5)14-7-12-13-8(14)11/h7H,6H2,1-5H3. The highest BCUT2D eigenvalue weighted by molar-refractivity contribution is 6.28. The van der Waals surface area contributed by atoms with Gasteiger partial charge in [0.1, 0.15) is 6.33 Å². The van der Waals surface area contributed by atoms with Crippen LogP contribution >= 0.6 is 11.6 Å². The molecular weight excluding hydrogens is 198 g/mol. The van der Waals surface area contributed by atoms with E-state index in [9.17, 15) is 0 Å². The van der Waals surface area contributed by atoms with Crippen LogP contribution in [0, 0.1) is 5.41 Å². The quantitative estimate of drug-likeness (QED) is 0.759. The van der Waals surface area contributed by atoms with Gasteiger partial charge in [-0.1, -0.05) is 20.8 Å². The van der Waals surface area contributed by atoms with Gasteiger partial charge in [0.15, 0.2) is 0 Å². The predicted molar refractivity (Wildman–Crippen MR) is 58.4 cm³/mol. The van der Waals surface area contributed by atoms with Crippen LogP contribution in [0.2, 0.25) is 5.28 Å². The molecule has 0 saturated heterocycles. The van der Waals surface area contributed by atoms with Crippen molar-refractivity contribution in [1.82, 2.24) is 14.8 Å². The first-order chi connectivity index (χ1) is 6.22. The molecule has 0 aromatic carbocycles. The van der Waals surface area contributed by atoms with Crippen LogP contribution < -0.4 is 0 Å². The SMILES string of the molecule is CC(C)(C)CC(C)(C)n1cnnc1Cl. The molecule has 3 nitrogen and oxygen atoms in total. The van der Waals surface area contributed by atoms with Gasteiger partial charge >= 0.3 is 0 Å². The second-order valence-electron chi connectivity index (χ2n) is 5.52. The Kier molecular flexibility index (Phi) is 2.91. The molecule has 0 unspecified atom stereocenters. The lowest BCUT2D eigenvalue weighted by atomic mass is 9.82. The fourth-order valence-electron chi connectivity index (χ4n) is 2.01. The normalized spacial score (nSPS) is 13.3. The Balaban J connectivity index is 2.91. The first kappa shape index (κ1) is 11.5. The molecule has 14 heavy (non-hydrogen) atoms. The van der Waals surface area contributed by atoms with Gasteiger partial charge in [0.05, 0.1) is 0 Å². The van der Waals surface area contributed by atoms with Crippen molar-refractivity contribution >= 4 is 11.6 Å². The van der Waals surface area contributed by atoms with Gasteiger partial charge in [0.25, 0.3) is 0 Å². The molecule has 0 bridgehead atoms.